The number of pyridine rings is 1. The summed E-state index contributed by atoms with van der Waals surface area (Å²) in [6.07, 6.45) is 2.53. The first-order valence-electron chi connectivity index (χ1n) is 5.07. The zero-order chi connectivity index (χ0) is 11.7. The molecule has 0 aliphatic heterocycles. The molecule has 4 heteroatoms. The number of hydrogen-bond donors (Lipinski definition) is 1. The summed E-state index contributed by atoms with van der Waals surface area (Å²) in [7, 11) is 0. The summed E-state index contributed by atoms with van der Waals surface area (Å²) in [5.41, 5.74) is 2.87. The van der Waals surface area contributed by atoms with E-state index in [0.717, 1.165) is 16.8 Å². The van der Waals surface area contributed by atoms with Crippen LogP contribution in [0.3, 0.4) is 0 Å². The first-order chi connectivity index (χ1) is 7.61. The normalized spacial score (nSPS) is 10.9. The number of fused-ring (bicyclic) bond motifs is 1. The maximum atomic E-state index is 10.6. The van der Waals surface area contributed by atoms with E-state index in [9.17, 15) is 4.79 Å². The van der Waals surface area contributed by atoms with Crippen LogP contribution in [0.5, 0.6) is 0 Å². The molecule has 0 aliphatic carbocycles. The second kappa shape index (κ2) is 4.18. The molecule has 2 aromatic rings. The smallest absolute Gasteiger partial charge is 0.303 e. The fourth-order valence-corrected chi connectivity index (χ4v) is 2.15. The predicted molar refractivity (Wildman–Crippen MR) is 63.1 cm³/mol. The Hall–Kier alpha value is -1.48. The number of aryl methyl sites for hydroxylation is 1. The van der Waals surface area contributed by atoms with Gasteiger partial charge in [0.05, 0.1) is 17.0 Å². The van der Waals surface area contributed by atoms with Crippen LogP contribution in [0.25, 0.3) is 5.52 Å². The van der Waals surface area contributed by atoms with Gasteiger partial charge in [0.15, 0.2) is 0 Å². The van der Waals surface area contributed by atoms with Gasteiger partial charge in [0.25, 0.3) is 0 Å². The predicted octanol–water partition coefficient (Wildman–Crippen LogP) is 2.92. The second-order valence-corrected chi connectivity index (χ2v) is 4.11. The fourth-order valence-electron chi connectivity index (χ4n) is 1.89. The Morgan fingerprint density at radius 3 is 2.94 bits per heavy atom. The Bertz CT molecular complexity index is 545. The van der Waals surface area contributed by atoms with Crippen LogP contribution in [0.1, 0.15) is 17.7 Å². The van der Waals surface area contributed by atoms with Gasteiger partial charge in [-0.1, -0.05) is 17.7 Å². The van der Waals surface area contributed by atoms with Gasteiger partial charge in [-0.05, 0) is 31.0 Å². The number of carbonyl (C=O) groups is 1. The summed E-state index contributed by atoms with van der Waals surface area (Å²) in [5.74, 6) is -0.790. The molecule has 1 N–H and O–H groups in total. The van der Waals surface area contributed by atoms with Crippen LogP contribution in [-0.2, 0) is 11.2 Å². The van der Waals surface area contributed by atoms with Crippen LogP contribution in [-0.4, -0.2) is 15.5 Å². The minimum absolute atomic E-state index is 0.123. The van der Waals surface area contributed by atoms with Crippen molar-refractivity contribution in [3.8, 4) is 0 Å². The van der Waals surface area contributed by atoms with Gasteiger partial charge < -0.3 is 9.51 Å². The largest absolute Gasteiger partial charge is 0.481 e. The first-order valence-corrected chi connectivity index (χ1v) is 5.45. The zero-order valence-corrected chi connectivity index (χ0v) is 9.66. The molecular formula is C12H12ClNO2. The highest BCUT2D eigenvalue weighted by atomic mass is 35.5. The third-order valence-corrected chi connectivity index (χ3v) is 3.19. The van der Waals surface area contributed by atoms with E-state index in [1.165, 1.54) is 0 Å². The fraction of sp³-hybridized carbons (Fsp3) is 0.250. The molecule has 2 aromatic heterocycles. The molecule has 0 saturated heterocycles. The molecule has 3 nitrogen and oxygen atoms in total. The summed E-state index contributed by atoms with van der Waals surface area (Å²) in [6.45, 7) is 1.92. The molecule has 0 aromatic carbocycles. The van der Waals surface area contributed by atoms with Crippen LogP contribution < -0.4 is 0 Å². The molecule has 0 saturated carbocycles. The van der Waals surface area contributed by atoms with Crippen molar-refractivity contribution in [2.75, 3.05) is 0 Å². The monoisotopic (exact) mass is 237 g/mol. The SMILES string of the molecule is Cc1c(Cl)c2ccccn2c1CCC(=O)O. The van der Waals surface area contributed by atoms with Crippen molar-refractivity contribution in [3.05, 3.63) is 40.7 Å². The average Bonchev–Trinajstić information content (AvgIpc) is 2.50. The number of rotatable bonds is 3. The highest BCUT2D eigenvalue weighted by molar-refractivity contribution is 6.34. The molecule has 2 rings (SSSR count). The summed E-state index contributed by atoms with van der Waals surface area (Å²) in [6, 6.07) is 5.76. The number of halogens is 1. The Labute approximate surface area is 98.3 Å². The van der Waals surface area contributed by atoms with Gasteiger partial charge in [-0.2, -0.15) is 0 Å². The lowest BCUT2D eigenvalue weighted by Crippen LogP contribution is -2.01. The van der Waals surface area contributed by atoms with Crippen LogP contribution >= 0.6 is 11.6 Å². The molecule has 16 heavy (non-hydrogen) atoms. The quantitative estimate of drug-likeness (QED) is 0.892. The summed E-state index contributed by atoms with van der Waals surface area (Å²) in [4.78, 5) is 10.6. The van der Waals surface area contributed by atoms with Crippen molar-refractivity contribution >= 4 is 23.1 Å². The van der Waals surface area contributed by atoms with Gasteiger partial charge in [-0.25, -0.2) is 0 Å². The third kappa shape index (κ3) is 1.78. The van der Waals surface area contributed by atoms with Crippen LogP contribution in [0.2, 0.25) is 5.02 Å². The number of carboxylic acid groups (broad SMARTS) is 1. The van der Waals surface area contributed by atoms with Gasteiger partial charge in [0.1, 0.15) is 0 Å². The maximum absolute atomic E-state index is 10.6. The van der Waals surface area contributed by atoms with Crippen molar-refractivity contribution in [1.29, 1.82) is 0 Å². The van der Waals surface area contributed by atoms with E-state index in [-0.39, 0.29) is 6.42 Å². The summed E-state index contributed by atoms with van der Waals surface area (Å²) >= 11 is 6.19. The highest BCUT2D eigenvalue weighted by Gasteiger charge is 2.13. The Balaban J connectivity index is 2.51. The van der Waals surface area contributed by atoms with Gasteiger partial charge in [0, 0.05) is 11.9 Å². The van der Waals surface area contributed by atoms with E-state index in [2.05, 4.69) is 0 Å². The summed E-state index contributed by atoms with van der Waals surface area (Å²) in [5, 5.41) is 9.41. The minimum atomic E-state index is -0.790. The maximum Gasteiger partial charge on any atom is 0.303 e. The van der Waals surface area contributed by atoms with Crippen molar-refractivity contribution < 1.29 is 9.90 Å². The van der Waals surface area contributed by atoms with Crippen molar-refractivity contribution in [1.82, 2.24) is 4.40 Å². The van der Waals surface area contributed by atoms with E-state index in [1.54, 1.807) is 0 Å². The molecule has 0 unspecified atom stereocenters. The number of carboxylic acids is 1. The van der Waals surface area contributed by atoms with Gasteiger partial charge in [-0.3, -0.25) is 4.79 Å². The lowest BCUT2D eigenvalue weighted by Gasteiger charge is -2.01. The molecule has 0 aliphatic rings. The first kappa shape index (κ1) is 11.0. The molecule has 0 amide bonds. The number of nitrogens with zero attached hydrogens (tertiary/aromatic N) is 1. The molecule has 0 fully saturated rings. The molecule has 0 spiro atoms. The van der Waals surface area contributed by atoms with Crippen LogP contribution in [0.4, 0.5) is 0 Å². The number of aliphatic carboxylic acids is 1. The summed E-state index contributed by atoms with van der Waals surface area (Å²) < 4.78 is 1.96. The van der Waals surface area contributed by atoms with Gasteiger partial charge in [-0.15, -0.1) is 0 Å². The zero-order valence-electron chi connectivity index (χ0n) is 8.90. The standard InChI is InChI=1S/C12H12ClNO2/c1-8-9(5-6-11(15)16)14-7-3-2-4-10(14)12(8)13/h2-4,7H,5-6H2,1H3,(H,15,16). The molecule has 0 radical (unpaired) electrons. The number of hydrogen-bond acceptors (Lipinski definition) is 1. The number of aromatic nitrogens is 1. The molecule has 2 heterocycles. The topological polar surface area (TPSA) is 41.7 Å². The van der Waals surface area contributed by atoms with E-state index >= 15 is 0 Å². The third-order valence-electron chi connectivity index (χ3n) is 2.71. The van der Waals surface area contributed by atoms with E-state index in [0.29, 0.717) is 11.4 Å². The second-order valence-electron chi connectivity index (χ2n) is 3.74. The minimum Gasteiger partial charge on any atom is -0.481 e. The Kier molecular flexibility index (Phi) is 2.88. The van der Waals surface area contributed by atoms with Crippen molar-refractivity contribution in [2.24, 2.45) is 0 Å². The lowest BCUT2D eigenvalue weighted by atomic mass is 10.2. The molecule has 0 atom stereocenters. The van der Waals surface area contributed by atoms with E-state index in [1.807, 2.05) is 35.7 Å². The van der Waals surface area contributed by atoms with Crippen LogP contribution in [0, 0.1) is 6.92 Å². The van der Waals surface area contributed by atoms with Crippen molar-refractivity contribution in [2.45, 2.75) is 19.8 Å². The lowest BCUT2D eigenvalue weighted by molar-refractivity contribution is -0.136. The Morgan fingerprint density at radius 2 is 2.25 bits per heavy atom. The molecular weight excluding hydrogens is 226 g/mol. The Morgan fingerprint density at radius 1 is 1.50 bits per heavy atom. The van der Waals surface area contributed by atoms with Gasteiger partial charge >= 0.3 is 5.97 Å². The van der Waals surface area contributed by atoms with E-state index < -0.39 is 5.97 Å². The molecule has 84 valence electrons. The van der Waals surface area contributed by atoms with Crippen LogP contribution in [0.15, 0.2) is 24.4 Å². The highest BCUT2D eigenvalue weighted by Crippen LogP contribution is 2.28. The van der Waals surface area contributed by atoms with Gasteiger partial charge in [0.2, 0.25) is 0 Å². The molecule has 0 bridgehead atoms. The van der Waals surface area contributed by atoms with E-state index in [4.69, 9.17) is 16.7 Å². The van der Waals surface area contributed by atoms with Crippen molar-refractivity contribution in [3.63, 3.8) is 0 Å². The average molecular weight is 238 g/mol.